The molecule has 6 nitrogen and oxygen atoms in total. The maximum Gasteiger partial charge on any atom is 0.227 e. The minimum Gasteiger partial charge on any atom is -0.342 e. The molecule has 31 heavy (non-hydrogen) atoms. The zero-order chi connectivity index (χ0) is 21.4. The van der Waals surface area contributed by atoms with Crippen molar-refractivity contribution in [2.24, 2.45) is 0 Å². The van der Waals surface area contributed by atoms with Gasteiger partial charge in [0, 0.05) is 25.2 Å². The topological polar surface area (TPSA) is 54.3 Å². The van der Waals surface area contributed by atoms with Crippen molar-refractivity contribution in [2.45, 2.75) is 38.3 Å². The van der Waals surface area contributed by atoms with E-state index in [0.29, 0.717) is 6.42 Å². The number of carbonyl (C=O) groups excluding carboxylic acids is 1. The molecule has 1 amide bonds. The lowest BCUT2D eigenvalue weighted by Crippen LogP contribution is -2.56. The van der Waals surface area contributed by atoms with E-state index in [9.17, 15) is 4.79 Å². The molecule has 0 N–H and O–H groups in total. The largest absolute Gasteiger partial charge is 0.342 e. The van der Waals surface area contributed by atoms with Crippen LogP contribution < -0.4 is 0 Å². The van der Waals surface area contributed by atoms with E-state index in [-0.39, 0.29) is 11.4 Å². The number of amides is 1. The molecule has 1 fully saturated rings. The molecule has 2 aliphatic heterocycles. The van der Waals surface area contributed by atoms with Crippen molar-refractivity contribution in [3.8, 4) is 11.4 Å². The smallest absolute Gasteiger partial charge is 0.227 e. The number of hydrogen-bond acceptors (Lipinski definition) is 4. The fourth-order valence-electron chi connectivity index (χ4n) is 5.20. The van der Waals surface area contributed by atoms with E-state index in [1.807, 2.05) is 35.2 Å². The van der Waals surface area contributed by atoms with Crippen LogP contribution in [-0.4, -0.2) is 57.2 Å². The third-order valence-electron chi connectivity index (χ3n) is 6.86. The minimum absolute atomic E-state index is 0.0730. The van der Waals surface area contributed by atoms with Crippen LogP contribution in [0.15, 0.2) is 54.6 Å². The van der Waals surface area contributed by atoms with Gasteiger partial charge in [-0.2, -0.15) is 0 Å². The predicted octanol–water partition coefficient (Wildman–Crippen LogP) is 3.26. The zero-order valence-electron chi connectivity index (χ0n) is 18.3. The number of hydrogen-bond donors (Lipinski definition) is 0. The fourth-order valence-corrected chi connectivity index (χ4v) is 5.20. The summed E-state index contributed by atoms with van der Waals surface area (Å²) in [6.45, 7) is 5.37. The van der Waals surface area contributed by atoms with Crippen LogP contribution >= 0.6 is 0 Å². The Morgan fingerprint density at radius 2 is 1.71 bits per heavy atom. The normalized spacial score (nSPS) is 18.2. The highest BCUT2D eigenvalue weighted by Gasteiger charge is 2.44. The van der Waals surface area contributed by atoms with Gasteiger partial charge >= 0.3 is 0 Å². The number of nitrogens with zero attached hydrogens (tertiary/aromatic N) is 5. The fraction of sp³-hybridized carbons (Fsp3) is 0.400. The van der Waals surface area contributed by atoms with E-state index in [0.717, 1.165) is 61.8 Å². The number of fused-ring (bicyclic) bond motifs is 2. The highest BCUT2D eigenvalue weighted by Crippen LogP contribution is 2.39. The highest BCUT2D eigenvalue weighted by molar-refractivity contribution is 5.79. The van der Waals surface area contributed by atoms with Gasteiger partial charge < -0.3 is 9.47 Å². The van der Waals surface area contributed by atoms with Crippen molar-refractivity contribution in [3.05, 3.63) is 71.5 Å². The molecule has 1 spiro atoms. The summed E-state index contributed by atoms with van der Waals surface area (Å²) in [5.41, 5.74) is 3.33. The second kappa shape index (κ2) is 7.93. The van der Waals surface area contributed by atoms with E-state index < -0.39 is 0 Å². The quantitative estimate of drug-likeness (QED) is 0.659. The molecule has 1 saturated heterocycles. The van der Waals surface area contributed by atoms with E-state index in [2.05, 4.69) is 57.9 Å². The molecule has 160 valence electrons. The third kappa shape index (κ3) is 3.65. The molecule has 1 aromatic heterocycles. The number of carbonyl (C=O) groups is 1. The van der Waals surface area contributed by atoms with Gasteiger partial charge in [0.2, 0.25) is 5.91 Å². The van der Waals surface area contributed by atoms with Gasteiger partial charge in [-0.1, -0.05) is 54.6 Å². The molecule has 0 aliphatic carbocycles. The molecular weight excluding hydrogens is 386 g/mol. The monoisotopic (exact) mass is 415 g/mol. The molecule has 5 rings (SSSR count). The Morgan fingerprint density at radius 3 is 2.45 bits per heavy atom. The first kappa shape index (κ1) is 19.9. The first-order valence-corrected chi connectivity index (χ1v) is 11.1. The molecule has 0 bridgehead atoms. The summed E-state index contributed by atoms with van der Waals surface area (Å²) in [5, 5.41) is 9.12. The van der Waals surface area contributed by atoms with E-state index in [4.69, 9.17) is 0 Å². The summed E-state index contributed by atoms with van der Waals surface area (Å²) in [7, 11) is 2.15. The van der Waals surface area contributed by atoms with E-state index in [1.165, 1.54) is 5.56 Å². The van der Waals surface area contributed by atoms with E-state index in [1.54, 1.807) is 0 Å². The van der Waals surface area contributed by atoms with Crippen LogP contribution in [0.5, 0.6) is 0 Å². The van der Waals surface area contributed by atoms with Crippen LogP contribution in [0, 0.1) is 6.92 Å². The van der Waals surface area contributed by atoms with Crippen molar-refractivity contribution >= 4 is 5.91 Å². The van der Waals surface area contributed by atoms with Crippen molar-refractivity contribution < 1.29 is 4.79 Å². The van der Waals surface area contributed by atoms with Gasteiger partial charge in [0.15, 0.2) is 5.82 Å². The van der Waals surface area contributed by atoms with Gasteiger partial charge in [0.1, 0.15) is 5.82 Å². The SMILES string of the molecule is Cc1ccccc1CC(=O)N1CCC2(CC1)CN(C)Cc1nnc(-c3ccccc3)n12. The molecule has 3 aromatic rings. The van der Waals surface area contributed by atoms with E-state index >= 15 is 0 Å². The summed E-state index contributed by atoms with van der Waals surface area (Å²) in [6, 6.07) is 18.5. The van der Waals surface area contributed by atoms with Crippen LogP contribution in [0.4, 0.5) is 0 Å². The first-order valence-electron chi connectivity index (χ1n) is 11.1. The van der Waals surface area contributed by atoms with Crippen molar-refractivity contribution in [1.82, 2.24) is 24.6 Å². The molecule has 3 heterocycles. The number of piperidine rings is 1. The molecule has 0 radical (unpaired) electrons. The number of rotatable bonds is 3. The van der Waals surface area contributed by atoms with Crippen molar-refractivity contribution in [1.29, 1.82) is 0 Å². The summed E-state index contributed by atoms with van der Waals surface area (Å²) >= 11 is 0. The molecular formula is C25H29N5O. The Bertz CT molecular complexity index is 1080. The van der Waals surface area contributed by atoms with Crippen LogP contribution in [-0.2, 0) is 23.3 Å². The van der Waals surface area contributed by atoms with Gasteiger partial charge in [-0.3, -0.25) is 9.69 Å². The Hall–Kier alpha value is -2.99. The predicted molar refractivity (Wildman–Crippen MR) is 120 cm³/mol. The van der Waals surface area contributed by atoms with Gasteiger partial charge in [-0.25, -0.2) is 0 Å². The van der Waals surface area contributed by atoms with Crippen LogP contribution in [0.25, 0.3) is 11.4 Å². The number of likely N-dealkylation sites (N-methyl/N-ethyl adjacent to an activating group) is 1. The Morgan fingerprint density at radius 1 is 1.00 bits per heavy atom. The van der Waals surface area contributed by atoms with Gasteiger partial charge in [0.25, 0.3) is 0 Å². The lowest BCUT2D eigenvalue weighted by atomic mass is 9.84. The molecule has 2 aliphatic rings. The number of benzene rings is 2. The standard InChI is InChI=1S/C25H29N5O/c1-19-8-6-7-11-21(19)16-23(31)29-14-12-25(13-15-29)18-28(2)17-22-26-27-24(30(22)25)20-9-4-3-5-10-20/h3-11H,12-18H2,1-2H3. The number of likely N-dealkylation sites (tertiary alicyclic amines) is 1. The van der Waals surface area contributed by atoms with Gasteiger partial charge in [-0.15, -0.1) is 10.2 Å². The maximum atomic E-state index is 13.0. The molecule has 0 unspecified atom stereocenters. The van der Waals surface area contributed by atoms with Gasteiger partial charge in [-0.05, 0) is 37.9 Å². The second-order valence-corrected chi connectivity index (χ2v) is 9.02. The van der Waals surface area contributed by atoms with Crippen molar-refractivity contribution in [2.75, 3.05) is 26.7 Å². The summed E-state index contributed by atoms with van der Waals surface area (Å²) < 4.78 is 2.38. The molecule has 6 heteroatoms. The lowest BCUT2D eigenvalue weighted by Gasteiger charge is -2.48. The highest BCUT2D eigenvalue weighted by atomic mass is 16.2. The summed E-state index contributed by atoms with van der Waals surface area (Å²) in [4.78, 5) is 17.4. The molecule has 0 saturated carbocycles. The summed E-state index contributed by atoms with van der Waals surface area (Å²) in [5.74, 6) is 2.19. The van der Waals surface area contributed by atoms with Crippen molar-refractivity contribution in [3.63, 3.8) is 0 Å². The average Bonchev–Trinajstić information content (AvgIpc) is 3.21. The van der Waals surface area contributed by atoms with Crippen LogP contribution in [0.3, 0.4) is 0 Å². The summed E-state index contributed by atoms with van der Waals surface area (Å²) in [6.07, 6.45) is 2.32. The van der Waals surface area contributed by atoms with Crippen LogP contribution in [0.2, 0.25) is 0 Å². The van der Waals surface area contributed by atoms with Gasteiger partial charge in [0.05, 0.1) is 18.5 Å². The number of aryl methyl sites for hydroxylation is 1. The Balaban J connectivity index is 1.39. The molecule has 0 atom stereocenters. The lowest BCUT2D eigenvalue weighted by molar-refractivity contribution is -0.133. The Labute approximate surface area is 183 Å². The first-order chi connectivity index (χ1) is 15.1. The molecule has 2 aromatic carbocycles. The second-order valence-electron chi connectivity index (χ2n) is 9.02. The maximum absolute atomic E-state index is 13.0. The Kier molecular flexibility index (Phi) is 5.10. The third-order valence-corrected chi connectivity index (χ3v) is 6.86. The number of aromatic nitrogens is 3. The van der Waals surface area contributed by atoms with Crippen LogP contribution in [0.1, 0.15) is 29.8 Å². The average molecular weight is 416 g/mol. The zero-order valence-corrected chi connectivity index (χ0v) is 18.3. The minimum atomic E-state index is -0.0730.